The zero-order chi connectivity index (χ0) is 18.6. The summed E-state index contributed by atoms with van der Waals surface area (Å²) in [6, 6.07) is 13.8. The van der Waals surface area contributed by atoms with Crippen molar-refractivity contribution in [1.82, 2.24) is 9.62 Å². The van der Waals surface area contributed by atoms with Crippen LogP contribution < -0.4 is 14.8 Å². The van der Waals surface area contributed by atoms with Crippen LogP contribution in [0, 0.1) is 0 Å². The Morgan fingerprint density at radius 2 is 1.77 bits per heavy atom. The lowest BCUT2D eigenvalue weighted by molar-refractivity contribution is -0.121. The van der Waals surface area contributed by atoms with Gasteiger partial charge in [-0.25, -0.2) is 8.42 Å². The number of amides is 1. The summed E-state index contributed by atoms with van der Waals surface area (Å²) in [6.45, 7) is 0.871. The third-order valence-corrected chi connectivity index (χ3v) is 5.72. The van der Waals surface area contributed by atoms with Crippen molar-refractivity contribution in [2.75, 3.05) is 26.8 Å². The molecule has 3 rings (SSSR count). The second-order valence-electron chi connectivity index (χ2n) is 5.83. The molecule has 1 N–H and O–H groups in total. The maximum absolute atomic E-state index is 12.7. The molecular weight excluding hydrogens is 356 g/mol. The second-order valence-corrected chi connectivity index (χ2v) is 7.87. The van der Waals surface area contributed by atoms with Crippen LogP contribution in [0.3, 0.4) is 0 Å². The largest absolute Gasteiger partial charge is 0.486 e. The summed E-state index contributed by atoms with van der Waals surface area (Å²) >= 11 is 0. The number of rotatable bonds is 6. The molecule has 0 aliphatic carbocycles. The van der Waals surface area contributed by atoms with E-state index in [1.807, 2.05) is 30.3 Å². The average molecular weight is 376 g/mol. The van der Waals surface area contributed by atoms with Gasteiger partial charge in [-0.3, -0.25) is 4.79 Å². The third kappa shape index (κ3) is 4.14. The molecule has 7 nitrogen and oxygen atoms in total. The Hall–Kier alpha value is -2.58. The van der Waals surface area contributed by atoms with Crippen molar-refractivity contribution in [3.63, 3.8) is 0 Å². The van der Waals surface area contributed by atoms with Gasteiger partial charge in [-0.1, -0.05) is 30.3 Å². The number of sulfonamides is 1. The molecule has 0 atom stereocenters. The predicted molar refractivity (Wildman–Crippen MR) is 95.5 cm³/mol. The Kier molecular flexibility index (Phi) is 5.43. The number of fused-ring (bicyclic) bond motifs is 1. The van der Waals surface area contributed by atoms with E-state index in [1.54, 1.807) is 6.07 Å². The first-order valence-electron chi connectivity index (χ1n) is 8.13. The normalized spacial score (nSPS) is 13.5. The minimum absolute atomic E-state index is 0.0557. The summed E-state index contributed by atoms with van der Waals surface area (Å²) < 4.78 is 37.2. The van der Waals surface area contributed by atoms with Gasteiger partial charge in [0, 0.05) is 19.7 Å². The van der Waals surface area contributed by atoms with E-state index in [2.05, 4.69) is 5.32 Å². The first-order chi connectivity index (χ1) is 12.5. The van der Waals surface area contributed by atoms with Crippen LogP contribution in [0.5, 0.6) is 11.5 Å². The van der Waals surface area contributed by atoms with Crippen LogP contribution in [0.15, 0.2) is 53.4 Å². The van der Waals surface area contributed by atoms with Gasteiger partial charge in [0.1, 0.15) is 13.2 Å². The van der Waals surface area contributed by atoms with Gasteiger partial charge in [-0.15, -0.1) is 0 Å². The molecule has 0 radical (unpaired) electrons. The number of nitrogens with one attached hydrogen (secondary N) is 1. The lowest BCUT2D eigenvalue weighted by Gasteiger charge is -2.21. The molecule has 0 unspecified atom stereocenters. The highest BCUT2D eigenvalue weighted by molar-refractivity contribution is 7.89. The standard InChI is InChI=1S/C18H20N2O5S/c1-20(13-18(21)19-12-14-5-3-2-4-6-14)26(22,23)15-7-8-16-17(11-15)25-10-9-24-16/h2-8,11H,9-10,12-13H2,1H3,(H,19,21). The minimum Gasteiger partial charge on any atom is -0.486 e. The Balaban J connectivity index is 1.64. The topological polar surface area (TPSA) is 84.9 Å². The number of nitrogens with zero attached hydrogens (tertiary/aromatic N) is 1. The molecule has 138 valence electrons. The highest BCUT2D eigenvalue weighted by Gasteiger charge is 2.25. The average Bonchev–Trinajstić information content (AvgIpc) is 2.66. The quantitative estimate of drug-likeness (QED) is 0.824. The van der Waals surface area contributed by atoms with Crippen molar-refractivity contribution >= 4 is 15.9 Å². The van der Waals surface area contributed by atoms with Crippen LogP contribution in [0.1, 0.15) is 5.56 Å². The van der Waals surface area contributed by atoms with E-state index < -0.39 is 10.0 Å². The monoisotopic (exact) mass is 376 g/mol. The Morgan fingerprint density at radius 3 is 2.50 bits per heavy atom. The van der Waals surface area contributed by atoms with Gasteiger partial charge in [-0.05, 0) is 17.7 Å². The van der Waals surface area contributed by atoms with Gasteiger partial charge in [0.05, 0.1) is 11.4 Å². The van der Waals surface area contributed by atoms with Crippen molar-refractivity contribution in [2.45, 2.75) is 11.4 Å². The van der Waals surface area contributed by atoms with Crippen LogP contribution in [0.2, 0.25) is 0 Å². The summed E-state index contributed by atoms with van der Waals surface area (Å²) in [4.78, 5) is 12.1. The molecule has 1 heterocycles. The van der Waals surface area contributed by atoms with E-state index in [9.17, 15) is 13.2 Å². The smallest absolute Gasteiger partial charge is 0.243 e. The molecule has 1 aliphatic rings. The zero-order valence-electron chi connectivity index (χ0n) is 14.3. The Morgan fingerprint density at radius 1 is 1.08 bits per heavy atom. The molecule has 2 aromatic rings. The van der Waals surface area contributed by atoms with E-state index in [0.717, 1.165) is 9.87 Å². The minimum atomic E-state index is -3.81. The van der Waals surface area contributed by atoms with Crippen molar-refractivity contribution in [1.29, 1.82) is 0 Å². The maximum Gasteiger partial charge on any atom is 0.243 e. The van der Waals surface area contributed by atoms with Crippen LogP contribution in [-0.4, -0.2) is 45.4 Å². The van der Waals surface area contributed by atoms with Crippen LogP contribution in [0.4, 0.5) is 0 Å². The van der Waals surface area contributed by atoms with Crippen LogP contribution in [0.25, 0.3) is 0 Å². The molecule has 1 aliphatic heterocycles. The van der Waals surface area contributed by atoms with Gasteiger partial charge in [0.2, 0.25) is 15.9 Å². The lowest BCUT2D eigenvalue weighted by atomic mass is 10.2. The van der Waals surface area contributed by atoms with Gasteiger partial charge in [-0.2, -0.15) is 4.31 Å². The Labute approximate surface area is 152 Å². The number of carbonyl (C=O) groups excluding carboxylic acids is 1. The fraction of sp³-hybridized carbons (Fsp3) is 0.278. The molecule has 8 heteroatoms. The van der Waals surface area contributed by atoms with Crippen molar-refractivity contribution in [3.05, 3.63) is 54.1 Å². The molecule has 0 spiro atoms. The third-order valence-electron chi connectivity index (χ3n) is 3.92. The summed E-state index contributed by atoms with van der Waals surface area (Å²) in [5.41, 5.74) is 0.943. The first kappa shape index (κ1) is 18.2. The highest BCUT2D eigenvalue weighted by atomic mass is 32.2. The molecule has 26 heavy (non-hydrogen) atoms. The molecule has 0 aromatic heterocycles. The summed E-state index contributed by atoms with van der Waals surface area (Å²) in [5.74, 6) is 0.523. The molecule has 2 aromatic carbocycles. The lowest BCUT2D eigenvalue weighted by Crippen LogP contribution is -2.38. The van der Waals surface area contributed by atoms with E-state index >= 15 is 0 Å². The number of carbonyl (C=O) groups is 1. The van der Waals surface area contributed by atoms with E-state index in [1.165, 1.54) is 19.2 Å². The summed E-state index contributed by atoms with van der Waals surface area (Å²) in [7, 11) is -2.44. The van der Waals surface area contributed by atoms with Crippen molar-refractivity contribution < 1.29 is 22.7 Å². The molecule has 0 saturated carbocycles. The summed E-state index contributed by atoms with van der Waals surface area (Å²) in [5, 5.41) is 2.71. The molecule has 1 amide bonds. The van der Waals surface area contributed by atoms with Gasteiger partial charge in [0.15, 0.2) is 11.5 Å². The fourth-order valence-electron chi connectivity index (χ4n) is 2.50. The Bertz CT molecular complexity index is 884. The summed E-state index contributed by atoms with van der Waals surface area (Å²) in [6.07, 6.45) is 0. The van der Waals surface area contributed by atoms with E-state index in [-0.39, 0.29) is 17.3 Å². The number of likely N-dealkylation sites (N-methyl/N-ethyl adjacent to an activating group) is 1. The van der Waals surface area contributed by atoms with E-state index in [0.29, 0.717) is 31.3 Å². The second kappa shape index (κ2) is 7.76. The predicted octanol–water partition coefficient (Wildman–Crippen LogP) is 1.39. The van der Waals surface area contributed by atoms with Crippen LogP contribution >= 0.6 is 0 Å². The number of benzene rings is 2. The number of hydrogen-bond donors (Lipinski definition) is 1. The first-order valence-corrected chi connectivity index (χ1v) is 9.57. The van der Waals surface area contributed by atoms with Crippen LogP contribution in [-0.2, 0) is 21.4 Å². The molecule has 0 saturated heterocycles. The van der Waals surface area contributed by atoms with Gasteiger partial charge in [0.25, 0.3) is 0 Å². The highest BCUT2D eigenvalue weighted by Crippen LogP contribution is 2.32. The van der Waals surface area contributed by atoms with Crippen molar-refractivity contribution in [2.24, 2.45) is 0 Å². The molecule has 0 fully saturated rings. The molecule has 0 bridgehead atoms. The molecular formula is C18H20N2O5S. The van der Waals surface area contributed by atoms with E-state index in [4.69, 9.17) is 9.47 Å². The maximum atomic E-state index is 12.7. The van der Waals surface area contributed by atoms with Crippen molar-refractivity contribution in [3.8, 4) is 11.5 Å². The number of ether oxygens (including phenoxy) is 2. The van der Waals surface area contributed by atoms with Gasteiger partial charge >= 0.3 is 0 Å². The number of hydrogen-bond acceptors (Lipinski definition) is 5. The SMILES string of the molecule is CN(CC(=O)NCc1ccccc1)S(=O)(=O)c1ccc2c(c1)OCCO2. The fourth-order valence-corrected chi connectivity index (χ4v) is 3.65. The van der Waals surface area contributed by atoms with Gasteiger partial charge < -0.3 is 14.8 Å². The zero-order valence-corrected chi connectivity index (χ0v) is 15.2.